The Labute approximate surface area is 239 Å². The molecule has 42 heavy (non-hydrogen) atoms. The number of urea groups is 1. The molecule has 0 radical (unpaired) electrons. The van der Waals surface area contributed by atoms with E-state index in [-0.39, 0.29) is 0 Å². The zero-order chi connectivity index (χ0) is 29.7. The van der Waals surface area contributed by atoms with Gasteiger partial charge in [-0.05, 0) is 74.6 Å². The molecule has 1 aliphatic heterocycles. The number of ether oxygens (including phenoxy) is 1. The normalized spacial score (nSPS) is 14.6. The van der Waals surface area contributed by atoms with Gasteiger partial charge in [-0.25, -0.2) is 14.2 Å². The Bertz CT molecular complexity index is 1520. The Morgan fingerprint density at radius 1 is 0.976 bits per heavy atom. The molecule has 13 heteroatoms. The van der Waals surface area contributed by atoms with Gasteiger partial charge in [-0.2, -0.15) is 13.2 Å². The molecule has 4 N–H and O–H groups in total. The Kier molecular flexibility index (Phi) is 8.78. The van der Waals surface area contributed by atoms with Crippen LogP contribution in [0.1, 0.15) is 12.0 Å². The van der Waals surface area contributed by atoms with Crippen molar-refractivity contribution in [2.24, 2.45) is 0 Å². The highest BCUT2D eigenvalue weighted by Gasteiger charge is 2.31. The van der Waals surface area contributed by atoms with Crippen LogP contribution in [0, 0.1) is 5.82 Å². The summed E-state index contributed by atoms with van der Waals surface area (Å²) in [5, 5.41) is 7.91. The van der Waals surface area contributed by atoms with Gasteiger partial charge in [-0.1, -0.05) is 0 Å². The second-order valence-corrected chi connectivity index (χ2v) is 10.1. The van der Waals surface area contributed by atoms with Crippen LogP contribution in [0.25, 0.3) is 11.0 Å². The fraction of sp³-hybridized carbons (Fsp3) is 0.310. The number of aromatic amines is 1. The van der Waals surface area contributed by atoms with E-state index in [2.05, 4.69) is 42.8 Å². The van der Waals surface area contributed by atoms with Crippen LogP contribution in [-0.4, -0.2) is 72.1 Å². The average Bonchev–Trinajstić information content (AvgIpc) is 3.36. The molecule has 2 heterocycles. The van der Waals surface area contributed by atoms with Gasteiger partial charge >= 0.3 is 12.2 Å². The summed E-state index contributed by atoms with van der Waals surface area (Å²) in [6, 6.07) is 12.7. The Morgan fingerprint density at radius 3 is 2.45 bits per heavy atom. The Hall–Kier alpha value is -4.36. The van der Waals surface area contributed by atoms with Crippen molar-refractivity contribution >= 4 is 34.4 Å². The number of hydrogen-bond donors (Lipinski definition) is 4. The van der Waals surface area contributed by atoms with Gasteiger partial charge < -0.3 is 35.5 Å². The van der Waals surface area contributed by atoms with Crippen molar-refractivity contribution in [2.45, 2.75) is 12.6 Å². The number of aromatic nitrogens is 2. The fourth-order valence-electron chi connectivity index (χ4n) is 4.54. The van der Waals surface area contributed by atoms with Gasteiger partial charge in [-0.3, -0.25) is 0 Å². The Morgan fingerprint density at radius 2 is 1.71 bits per heavy atom. The van der Waals surface area contributed by atoms with E-state index in [1.807, 2.05) is 12.1 Å². The first-order chi connectivity index (χ1) is 20.1. The Balaban J connectivity index is 1.11. The number of rotatable bonds is 9. The standard InChI is InChI=1S/C29H31F4N7O2/c1-39-13-15-40(16-14-39)12-2-11-34-27-36-24-10-8-22(18-26(24)37-27)42-21-6-4-20(5-7-21)35-28(41)38-25-17-19(29(31,32)33)3-9-23(25)30/h3-10,17-18H,2,11-16H2,1H3,(H2,34,36,37)(H2,35,38,41). The number of nitrogens with one attached hydrogen (secondary N) is 4. The van der Waals surface area contributed by atoms with Crippen LogP contribution in [0.4, 0.5) is 39.7 Å². The number of piperazine rings is 1. The number of hydrogen-bond acceptors (Lipinski definition) is 6. The lowest BCUT2D eigenvalue weighted by Gasteiger charge is -2.32. The second-order valence-electron chi connectivity index (χ2n) is 10.1. The molecule has 1 fully saturated rings. The van der Waals surface area contributed by atoms with E-state index in [4.69, 9.17) is 4.74 Å². The number of imidazole rings is 1. The molecule has 0 unspecified atom stereocenters. The van der Waals surface area contributed by atoms with Crippen LogP contribution >= 0.6 is 0 Å². The number of fused-ring (bicyclic) bond motifs is 1. The van der Waals surface area contributed by atoms with Gasteiger partial charge in [0.15, 0.2) is 0 Å². The summed E-state index contributed by atoms with van der Waals surface area (Å²) in [6.07, 6.45) is -3.65. The fourth-order valence-corrected chi connectivity index (χ4v) is 4.54. The van der Waals surface area contributed by atoms with E-state index in [1.54, 1.807) is 30.3 Å². The van der Waals surface area contributed by atoms with Crippen molar-refractivity contribution in [3.05, 3.63) is 72.0 Å². The van der Waals surface area contributed by atoms with Crippen molar-refractivity contribution in [3.63, 3.8) is 0 Å². The maximum absolute atomic E-state index is 13.9. The van der Waals surface area contributed by atoms with Crippen molar-refractivity contribution < 1.29 is 27.1 Å². The third-order valence-electron chi connectivity index (χ3n) is 6.88. The smallest absolute Gasteiger partial charge is 0.416 e. The second kappa shape index (κ2) is 12.7. The van der Waals surface area contributed by atoms with Crippen molar-refractivity contribution in [1.82, 2.24) is 19.8 Å². The van der Waals surface area contributed by atoms with Crippen LogP contribution in [0.2, 0.25) is 0 Å². The molecule has 1 aromatic heterocycles. The summed E-state index contributed by atoms with van der Waals surface area (Å²) in [7, 11) is 2.15. The first-order valence-electron chi connectivity index (χ1n) is 13.5. The number of carbonyl (C=O) groups is 1. The summed E-state index contributed by atoms with van der Waals surface area (Å²) >= 11 is 0. The number of likely N-dealkylation sites (N-methyl/N-ethyl adjacent to an activating group) is 1. The van der Waals surface area contributed by atoms with Crippen LogP contribution in [0.5, 0.6) is 11.5 Å². The van der Waals surface area contributed by atoms with Gasteiger partial charge in [-0.15, -0.1) is 0 Å². The zero-order valence-electron chi connectivity index (χ0n) is 22.9. The number of nitrogens with zero attached hydrogens (tertiary/aromatic N) is 3. The van der Waals surface area contributed by atoms with E-state index in [0.717, 1.165) is 56.7 Å². The number of anilines is 3. The maximum Gasteiger partial charge on any atom is 0.416 e. The predicted octanol–water partition coefficient (Wildman–Crippen LogP) is 6.21. The van der Waals surface area contributed by atoms with Gasteiger partial charge in [0.25, 0.3) is 0 Å². The molecule has 0 spiro atoms. The van der Waals surface area contributed by atoms with Gasteiger partial charge in [0.05, 0.1) is 22.3 Å². The summed E-state index contributed by atoms with van der Waals surface area (Å²) in [6.45, 7) is 6.27. The molecule has 2 amide bonds. The molecule has 4 aromatic rings. The van der Waals surface area contributed by atoms with E-state index >= 15 is 0 Å². The summed E-state index contributed by atoms with van der Waals surface area (Å²) in [5.74, 6) is 0.775. The lowest BCUT2D eigenvalue weighted by Crippen LogP contribution is -2.44. The van der Waals surface area contributed by atoms with Gasteiger partial charge in [0.2, 0.25) is 5.95 Å². The highest BCUT2D eigenvalue weighted by atomic mass is 19.4. The first kappa shape index (κ1) is 29.1. The van der Waals surface area contributed by atoms with Crippen LogP contribution in [0.3, 0.4) is 0 Å². The molecule has 0 saturated carbocycles. The highest BCUT2D eigenvalue weighted by Crippen LogP contribution is 2.32. The summed E-state index contributed by atoms with van der Waals surface area (Å²) in [4.78, 5) is 24.9. The lowest BCUT2D eigenvalue weighted by molar-refractivity contribution is -0.137. The minimum atomic E-state index is -4.66. The van der Waals surface area contributed by atoms with Gasteiger partial charge in [0.1, 0.15) is 17.3 Å². The number of benzene rings is 3. The minimum Gasteiger partial charge on any atom is -0.457 e. The van der Waals surface area contributed by atoms with E-state index in [9.17, 15) is 22.4 Å². The number of H-pyrrole nitrogens is 1. The molecule has 1 aliphatic rings. The molecule has 0 atom stereocenters. The van der Waals surface area contributed by atoms with Crippen LogP contribution in [0.15, 0.2) is 60.7 Å². The van der Waals surface area contributed by atoms with Crippen LogP contribution in [-0.2, 0) is 6.18 Å². The largest absolute Gasteiger partial charge is 0.457 e. The van der Waals surface area contributed by atoms with E-state index < -0.39 is 29.3 Å². The highest BCUT2D eigenvalue weighted by molar-refractivity contribution is 5.99. The maximum atomic E-state index is 13.9. The zero-order valence-corrected chi connectivity index (χ0v) is 22.9. The average molecular weight is 586 g/mol. The molecule has 9 nitrogen and oxygen atoms in total. The molecule has 3 aromatic carbocycles. The number of alkyl halides is 3. The molecule has 222 valence electrons. The van der Waals surface area contributed by atoms with Crippen molar-refractivity contribution in [1.29, 1.82) is 0 Å². The summed E-state index contributed by atoms with van der Waals surface area (Å²) < 4.78 is 58.6. The molecule has 1 saturated heterocycles. The molecular formula is C29H31F4N7O2. The molecule has 5 rings (SSSR count). The van der Waals surface area contributed by atoms with Crippen molar-refractivity contribution in [3.8, 4) is 11.5 Å². The quantitative estimate of drug-likeness (QED) is 0.138. The van der Waals surface area contributed by atoms with E-state index in [1.165, 1.54) is 0 Å². The lowest BCUT2D eigenvalue weighted by atomic mass is 10.2. The third kappa shape index (κ3) is 7.68. The summed E-state index contributed by atoms with van der Waals surface area (Å²) in [5.41, 5.74) is 0.288. The van der Waals surface area contributed by atoms with Crippen LogP contribution < -0.4 is 20.7 Å². The number of amides is 2. The minimum absolute atomic E-state index is 0.333. The van der Waals surface area contributed by atoms with Gasteiger partial charge in [0, 0.05) is 44.5 Å². The topological polar surface area (TPSA) is 97.5 Å². The third-order valence-corrected chi connectivity index (χ3v) is 6.88. The SMILES string of the molecule is CN1CCN(CCCNc2nc3ccc(Oc4ccc(NC(=O)Nc5cc(C(F)(F)F)ccc5F)cc4)cc3[nH]2)CC1. The van der Waals surface area contributed by atoms with Crippen molar-refractivity contribution in [2.75, 3.05) is 62.3 Å². The predicted molar refractivity (Wildman–Crippen MR) is 154 cm³/mol. The molecular weight excluding hydrogens is 554 g/mol. The molecule has 0 bridgehead atoms. The monoisotopic (exact) mass is 585 g/mol. The molecule has 0 aliphatic carbocycles. The van der Waals surface area contributed by atoms with E-state index in [0.29, 0.717) is 41.3 Å². The first-order valence-corrected chi connectivity index (χ1v) is 13.5. The number of halogens is 4. The number of carbonyl (C=O) groups excluding carboxylic acids is 1.